The number of esters is 1. The molecule has 0 unspecified atom stereocenters. The normalized spacial score (nSPS) is 11.0. The third-order valence-electron chi connectivity index (χ3n) is 5.13. The van der Waals surface area contributed by atoms with Crippen molar-refractivity contribution in [2.45, 2.75) is 33.6 Å². The summed E-state index contributed by atoms with van der Waals surface area (Å²) in [5.41, 5.74) is 3.47. The van der Waals surface area contributed by atoms with Gasteiger partial charge < -0.3 is 9.47 Å². The predicted octanol–water partition coefficient (Wildman–Crippen LogP) is 5.42. The van der Waals surface area contributed by atoms with Crippen LogP contribution in [0.15, 0.2) is 54.6 Å². The largest absolute Gasteiger partial charge is 0.497 e. The Kier molecular flexibility index (Phi) is 5.71. The van der Waals surface area contributed by atoms with Gasteiger partial charge in [0, 0.05) is 29.1 Å². The van der Waals surface area contributed by atoms with E-state index >= 15 is 0 Å². The van der Waals surface area contributed by atoms with Gasteiger partial charge in [-0.15, -0.1) is 0 Å². The van der Waals surface area contributed by atoms with E-state index in [0.29, 0.717) is 23.7 Å². The summed E-state index contributed by atoms with van der Waals surface area (Å²) in [6.07, 6.45) is 1.09. The number of aromatic nitrogens is 3. The first kappa shape index (κ1) is 20.6. The Bertz CT molecular complexity index is 1250. The van der Waals surface area contributed by atoms with Crippen molar-refractivity contribution >= 4 is 16.9 Å². The van der Waals surface area contributed by atoms with Crippen molar-refractivity contribution in [1.82, 2.24) is 14.5 Å². The van der Waals surface area contributed by atoms with E-state index in [2.05, 4.69) is 4.98 Å². The van der Waals surface area contributed by atoms with Gasteiger partial charge in [-0.2, -0.15) is 0 Å². The number of nitrogens with zero attached hydrogens (tertiary/aromatic N) is 3. The molecule has 0 aliphatic heterocycles. The van der Waals surface area contributed by atoms with Crippen LogP contribution in [0, 0.1) is 13.8 Å². The molecule has 2 heterocycles. The number of ether oxygens (including phenoxy) is 2. The highest BCUT2D eigenvalue weighted by atomic mass is 16.5. The Balaban J connectivity index is 1.93. The molecule has 0 aliphatic carbocycles. The van der Waals surface area contributed by atoms with Crippen LogP contribution in [0.4, 0.5) is 0 Å². The molecule has 0 N–H and O–H groups in total. The maximum atomic E-state index is 12.3. The van der Waals surface area contributed by atoms with Gasteiger partial charge in [0.2, 0.25) is 0 Å². The number of rotatable bonds is 6. The Morgan fingerprint density at radius 3 is 2.52 bits per heavy atom. The summed E-state index contributed by atoms with van der Waals surface area (Å²) in [6.45, 7) is 5.83. The first-order valence-corrected chi connectivity index (χ1v) is 10.3. The highest BCUT2D eigenvalue weighted by Crippen LogP contribution is 2.37. The lowest BCUT2D eigenvalue weighted by molar-refractivity contribution is -0.134. The van der Waals surface area contributed by atoms with E-state index in [1.165, 1.54) is 0 Å². The second kappa shape index (κ2) is 8.60. The minimum Gasteiger partial charge on any atom is -0.497 e. The number of aryl methyl sites for hydroxylation is 1. The quantitative estimate of drug-likeness (QED) is 0.394. The lowest BCUT2D eigenvalue weighted by atomic mass is 10.2. The molecule has 0 fully saturated rings. The molecular formula is C25H25N3O3. The van der Waals surface area contributed by atoms with E-state index in [-0.39, 0.29) is 5.97 Å². The summed E-state index contributed by atoms with van der Waals surface area (Å²) in [6, 6.07) is 17.5. The maximum absolute atomic E-state index is 12.3. The molecule has 2 aromatic heterocycles. The van der Waals surface area contributed by atoms with Crippen molar-refractivity contribution in [2.24, 2.45) is 0 Å². The average molecular weight is 415 g/mol. The third kappa shape index (κ3) is 4.01. The van der Waals surface area contributed by atoms with E-state index in [1.54, 1.807) is 7.11 Å². The van der Waals surface area contributed by atoms with E-state index in [9.17, 15) is 4.79 Å². The summed E-state index contributed by atoms with van der Waals surface area (Å²) in [4.78, 5) is 21.8. The highest BCUT2D eigenvalue weighted by Gasteiger charge is 2.21. The third-order valence-corrected chi connectivity index (χ3v) is 5.13. The lowest BCUT2D eigenvalue weighted by Gasteiger charge is -2.11. The van der Waals surface area contributed by atoms with Gasteiger partial charge in [-0.05, 0) is 38.5 Å². The second-order valence-corrected chi connectivity index (χ2v) is 7.41. The summed E-state index contributed by atoms with van der Waals surface area (Å²) in [5.74, 6) is 2.34. The van der Waals surface area contributed by atoms with Crippen LogP contribution in [0.1, 0.15) is 31.2 Å². The minimum absolute atomic E-state index is 0.253. The van der Waals surface area contributed by atoms with Crippen LogP contribution in [0.2, 0.25) is 0 Å². The summed E-state index contributed by atoms with van der Waals surface area (Å²) in [7, 11) is 1.62. The number of fused-ring (bicyclic) bond motifs is 1. The van der Waals surface area contributed by atoms with Crippen LogP contribution < -0.4 is 9.47 Å². The molecule has 0 saturated heterocycles. The Morgan fingerprint density at radius 2 is 1.81 bits per heavy atom. The number of carbonyl (C=O) groups excluding carboxylic acids is 1. The van der Waals surface area contributed by atoms with Gasteiger partial charge in [-0.1, -0.05) is 37.3 Å². The molecule has 6 heteroatoms. The van der Waals surface area contributed by atoms with Gasteiger partial charge in [0.05, 0.1) is 18.3 Å². The fraction of sp³-hybridized carbons (Fsp3) is 0.240. The molecule has 0 amide bonds. The first-order chi connectivity index (χ1) is 15.0. The average Bonchev–Trinajstić information content (AvgIpc) is 3.04. The van der Waals surface area contributed by atoms with Crippen molar-refractivity contribution in [3.05, 3.63) is 66.0 Å². The van der Waals surface area contributed by atoms with Gasteiger partial charge in [0.1, 0.15) is 11.6 Å². The first-order valence-electron chi connectivity index (χ1n) is 10.3. The zero-order chi connectivity index (χ0) is 22.0. The molecule has 6 nitrogen and oxygen atoms in total. The van der Waals surface area contributed by atoms with Crippen molar-refractivity contribution < 1.29 is 14.3 Å². The van der Waals surface area contributed by atoms with Crippen molar-refractivity contribution in [2.75, 3.05) is 7.11 Å². The molecule has 4 aromatic rings. The van der Waals surface area contributed by atoms with E-state index in [0.717, 1.165) is 40.1 Å². The number of carbonyl (C=O) groups is 1. The molecule has 2 aromatic carbocycles. The number of benzene rings is 2. The van der Waals surface area contributed by atoms with Crippen LogP contribution in [0.5, 0.6) is 11.5 Å². The predicted molar refractivity (Wildman–Crippen MR) is 121 cm³/mol. The van der Waals surface area contributed by atoms with E-state index in [1.807, 2.05) is 79.9 Å². The summed E-state index contributed by atoms with van der Waals surface area (Å²) < 4.78 is 13.2. The zero-order valence-electron chi connectivity index (χ0n) is 18.2. The molecule has 0 radical (unpaired) electrons. The Labute approximate surface area is 181 Å². The maximum Gasteiger partial charge on any atom is 0.311 e. The molecule has 0 bridgehead atoms. The molecule has 4 rings (SSSR count). The second-order valence-electron chi connectivity index (χ2n) is 7.41. The monoisotopic (exact) mass is 415 g/mol. The van der Waals surface area contributed by atoms with Crippen molar-refractivity contribution in [1.29, 1.82) is 0 Å². The van der Waals surface area contributed by atoms with Crippen molar-refractivity contribution in [3.8, 4) is 28.7 Å². The smallest absolute Gasteiger partial charge is 0.311 e. The van der Waals surface area contributed by atoms with Crippen LogP contribution >= 0.6 is 0 Å². The highest BCUT2D eigenvalue weighted by molar-refractivity contribution is 5.93. The SMILES string of the molecule is CCCC(=O)Oc1c(C)n(-c2cc(C)nc(-c3ccccc3)n2)c2ccc(OC)cc12. The Morgan fingerprint density at radius 1 is 1.03 bits per heavy atom. The van der Waals surface area contributed by atoms with Crippen LogP contribution in [0.3, 0.4) is 0 Å². The van der Waals surface area contributed by atoms with Crippen LogP contribution in [-0.2, 0) is 4.79 Å². The minimum atomic E-state index is -0.253. The number of hydrogen-bond acceptors (Lipinski definition) is 5. The fourth-order valence-electron chi connectivity index (χ4n) is 3.67. The molecule has 0 aliphatic rings. The molecule has 0 saturated carbocycles. The zero-order valence-corrected chi connectivity index (χ0v) is 18.2. The van der Waals surface area contributed by atoms with Gasteiger partial charge in [0.15, 0.2) is 11.6 Å². The molecular weight excluding hydrogens is 390 g/mol. The number of methoxy groups -OCH3 is 1. The standard InChI is InChI=1S/C25H25N3O3/c1-5-9-23(29)31-24-17(3)28(21-13-12-19(30-4)15-20(21)24)22-14-16(2)26-25(27-22)18-10-7-6-8-11-18/h6-8,10-15H,5,9H2,1-4H3. The number of hydrogen-bond donors (Lipinski definition) is 0. The summed E-state index contributed by atoms with van der Waals surface area (Å²) in [5, 5.41) is 0.804. The van der Waals surface area contributed by atoms with E-state index < -0.39 is 0 Å². The van der Waals surface area contributed by atoms with Crippen LogP contribution in [-0.4, -0.2) is 27.6 Å². The Hall–Kier alpha value is -3.67. The fourth-order valence-corrected chi connectivity index (χ4v) is 3.67. The van der Waals surface area contributed by atoms with Crippen LogP contribution in [0.25, 0.3) is 28.1 Å². The molecule has 158 valence electrons. The lowest BCUT2D eigenvalue weighted by Crippen LogP contribution is -2.08. The van der Waals surface area contributed by atoms with E-state index in [4.69, 9.17) is 14.5 Å². The summed E-state index contributed by atoms with van der Waals surface area (Å²) >= 11 is 0. The van der Waals surface area contributed by atoms with Gasteiger partial charge in [0.25, 0.3) is 0 Å². The van der Waals surface area contributed by atoms with Gasteiger partial charge >= 0.3 is 5.97 Å². The molecule has 31 heavy (non-hydrogen) atoms. The van der Waals surface area contributed by atoms with Gasteiger partial charge in [-0.25, -0.2) is 9.97 Å². The molecule has 0 spiro atoms. The topological polar surface area (TPSA) is 66.2 Å². The van der Waals surface area contributed by atoms with Gasteiger partial charge in [-0.3, -0.25) is 9.36 Å². The molecule has 0 atom stereocenters. The van der Waals surface area contributed by atoms with Crippen molar-refractivity contribution in [3.63, 3.8) is 0 Å².